The van der Waals surface area contributed by atoms with Gasteiger partial charge in [0.15, 0.2) is 0 Å². The van der Waals surface area contributed by atoms with Gasteiger partial charge < -0.3 is 14.6 Å². The molecular formula is C18H24ClNO3S. The van der Waals surface area contributed by atoms with Crippen LogP contribution in [0.1, 0.15) is 17.4 Å². The number of halogens is 1. The first-order valence-electron chi connectivity index (χ1n) is 7.96. The van der Waals surface area contributed by atoms with Crippen LogP contribution in [-0.4, -0.2) is 42.9 Å². The normalized spacial score (nSPS) is 12.5. The van der Waals surface area contributed by atoms with Crippen molar-refractivity contribution in [3.8, 4) is 5.75 Å². The summed E-state index contributed by atoms with van der Waals surface area (Å²) in [6.45, 7) is 5.08. The van der Waals surface area contributed by atoms with Crippen molar-refractivity contribution in [1.82, 2.24) is 4.90 Å². The third-order valence-corrected chi connectivity index (χ3v) is 4.85. The Kier molecular flexibility index (Phi) is 8.02. The van der Waals surface area contributed by atoms with E-state index >= 15 is 0 Å². The van der Waals surface area contributed by atoms with E-state index in [2.05, 4.69) is 11.8 Å². The molecule has 24 heavy (non-hydrogen) atoms. The number of hydrogen-bond acceptors (Lipinski definition) is 5. The highest BCUT2D eigenvalue weighted by molar-refractivity contribution is 7.16. The van der Waals surface area contributed by atoms with E-state index in [1.807, 2.05) is 36.4 Å². The quantitative estimate of drug-likeness (QED) is 0.691. The minimum Gasteiger partial charge on any atom is -0.497 e. The number of likely N-dealkylation sites (N-methyl/N-ethyl adjacent to an activating group) is 1. The van der Waals surface area contributed by atoms with Gasteiger partial charge in [-0.3, -0.25) is 4.90 Å². The molecule has 132 valence electrons. The molecule has 6 heteroatoms. The Morgan fingerprint density at radius 2 is 2.12 bits per heavy atom. The zero-order chi connectivity index (χ0) is 17.4. The third-order valence-electron chi connectivity index (χ3n) is 3.64. The predicted molar refractivity (Wildman–Crippen MR) is 98.9 cm³/mol. The summed E-state index contributed by atoms with van der Waals surface area (Å²) < 4.78 is 11.6. The van der Waals surface area contributed by atoms with Crippen molar-refractivity contribution in [3.05, 3.63) is 51.2 Å². The van der Waals surface area contributed by atoms with Gasteiger partial charge in [0.2, 0.25) is 0 Å². The van der Waals surface area contributed by atoms with Crippen molar-refractivity contribution in [3.63, 3.8) is 0 Å². The fourth-order valence-corrected chi connectivity index (χ4v) is 3.52. The average molecular weight is 370 g/mol. The minimum atomic E-state index is -0.522. The van der Waals surface area contributed by atoms with Gasteiger partial charge in [-0.2, -0.15) is 0 Å². The van der Waals surface area contributed by atoms with E-state index in [-0.39, 0.29) is 0 Å². The lowest BCUT2D eigenvalue weighted by atomic mass is 10.2. The molecule has 1 N–H and O–H groups in total. The zero-order valence-electron chi connectivity index (χ0n) is 14.1. The highest BCUT2D eigenvalue weighted by Crippen LogP contribution is 2.22. The molecule has 0 aliphatic rings. The van der Waals surface area contributed by atoms with Gasteiger partial charge in [0.1, 0.15) is 5.75 Å². The third kappa shape index (κ3) is 6.42. The minimum absolute atomic E-state index is 0.304. The summed E-state index contributed by atoms with van der Waals surface area (Å²) in [6, 6.07) is 11.7. The molecule has 0 radical (unpaired) electrons. The Labute approximate surface area is 152 Å². The van der Waals surface area contributed by atoms with Crippen LogP contribution in [0.5, 0.6) is 5.75 Å². The summed E-state index contributed by atoms with van der Waals surface area (Å²) >= 11 is 7.54. The Morgan fingerprint density at radius 1 is 1.29 bits per heavy atom. The number of ether oxygens (including phenoxy) is 2. The first-order valence-corrected chi connectivity index (χ1v) is 9.15. The van der Waals surface area contributed by atoms with Crippen LogP contribution in [0.15, 0.2) is 36.4 Å². The molecule has 2 rings (SSSR count). The maximum Gasteiger partial charge on any atom is 0.119 e. The van der Waals surface area contributed by atoms with Crippen molar-refractivity contribution >= 4 is 22.9 Å². The van der Waals surface area contributed by atoms with Gasteiger partial charge in [-0.05, 0) is 36.4 Å². The first kappa shape index (κ1) is 19.2. The van der Waals surface area contributed by atoms with Crippen molar-refractivity contribution in [2.24, 2.45) is 0 Å². The van der Waals surface area contributed by atoms with E-state index in [4.69, 9.17) is 21.1 Å². The van der Waals surface area contributed by atoms with Gasteiger partial charge in [0.25, 0.3) is 0 Å². The Morgan fingerprint density at radius 3 is 2.79 bits per heavy atom. The van der Waals surface area contributed by atoms with Crippen LogP contribution >= 0.6 is 22.9 Å². The lowest BCUT2D eigenvalue weighted by Gasteiger charge is -2.23. The summed E-state index contributed by atoms with van der Waals surface area (Å²) in [5.41, 5.74) is 1.03. The molecule has 1 unspecified atom stereocenters. The Bertz CT molecular complexity index is 620. The first-order chi connectivity index (χ1) is 11.6. The lowest BCUT2D eigenvalue weighted by Crippen LogP contribution is -2.34. The van der Waals surface area contributed by atoms with E-state index in [1.165, 1.54) is 4.88 Å². The molecule has 4 nitrogen and oxygen atoms in total. The van der Waals surface area contributed by atoms with E-state index in [9.17, 15) is 5.11 Å². The molecule has 0 bridgehead atoms. The van der Waals surface area contributed by atoms with Crippen molar-refractivity contribution in [2.45, 2.75) is 26.2 Å². The molecule has 0 saturated carbocycles. The van der Waals surface area contributed by atoms with Crippen molar-refractivity contribution in [2.75, 3.05) is 26.8 Å². The van der Waals surface area contributed by atoms with E-state index < -0.39 is 6.10 Å². The number of benzene rings is 1. The molecule has 1 aromatic carbocycles. The van der Waals surface area contributed by atoms with Crippen LogP contribution in [0.25, 0.3) is 0 Å². The maximum absolute atomic E-state index is 10.2. The van der Waals surface area contributed by atoms with Crippen LogP contribution in [0.2, 0.25) is 4.34 Å². The molecule has 0 saturated heterocycles. The van der Waals surface area contributed by atoms with Gasteiger partial charge in [-0.1, -0.05) is 30.7 Å². The largest absolute Gasteiger partial charge is 0.497 e. The molecule has 1 heterocycles. The SMILES string of the molecule is CCN(Cc1ccc(Cl)s1)CC(O)COCc1cccc(OC)c1. The van der Waals surface area contributed by atoms with Crippen LogP contribution in [0, 0.1) is 0 Å². The van der Waals surface area contributed by atoms with Crippen LogP contribution in [0.3, 0.4) is 0 Å². The molecule has 1 aromatic heterocycles. The number of aliphatic hydroxyl groups is 1. The zero-order valence-corrected chi connectivity index (χ0v) is 15.6. The Hall–Kier alpha value is -1.11. The fraction of sp³-hybridized carbons (Fsp3) is 0.444. The molecule has 0 aliphatic carbocycles. The lowest BCUT2D eigenvalue weighted by molar-refractivity contribution is 0.00951. The van der Waals surface area contributed by atoms with Gasteiger partial charge in [-0.25, -0.2) is 0 Å². The van der Waals surface area contributed by atoms with Crippen LogP contribution < -0.4 is 4.74 Å². The van der Waals surface area contributed by atoms with Gasteiger partial charge in [0.05, 0.1) is 30.8 Å². The standard InChI is InChI=1S/C18H24ClNO3S/c1-3-20(11-17-7-8-18(19)24-17)10-15(21)13-23-12-14-5-4-6-16(9-14)22-2/h4-9,15,21H,3,10-13H2,1-2H3. The van der Waals surface area contributed by atoms with E-state index in [0.29, 0.717) is 19.8 Å². The smallest absolute Gasteiger partial charge is 0.119 e. The number of rotatable bonds is 10. The second-order valence-electron chi connectivity index (χ2n) is 5.55. The fourth-order valence-electron chi connectivity index (χ4n) is 2.39. The summed E-state index contributed by atoms with van der Waals surface area (Å²) in [6.07, 6.45) is -0.522. The number of thiophene rings is 1. The van der Waals surface area contributed by atoms with Gasteiger partial charge in [0, 0.05) is 18.0 Å². The molecule has 0 aliphatic heterocycles. The second-order valence-corrected chi connectivity index (χ2v) is 7.35. The van der Waals surface area contributed by atoms with Crippen molar-refractivity contribution < 1.29 is 14.6 Å². The van der Waals surface area contributed by atoms with E-state index in [0.717, 1.165) is 28.7 Å². The summed E-state index contributed by atoms with van der Waals surface area (Å²) in [4.78, 5) is 3.38. The second kappa shape index (κ2) is 10.0. The topological polar surface area (TPSA) is 41.9 Å². The van der Waals surface area contributed by atoms with Crippen LogP contribution in [0.4, 0.5) is 0 Å². The monoisotopic (exact) mass is 369 g/mol. The number of hydrogen-bond donors (Lipinski definition) is 1. The number of methoxy groups -OCH3 is 1. The molecule has 0 spiro atoms. The predicted octanol–water partition coefficient (Wildman–Crippen LogP) is 3.81. The summed E-state index contributed by atoms with van der Waals surface area (Å²) in [7, 11) is 1.64. The molecule has 2 aromatic rings. The Balaban J connectivity index is 1.73. The molecule has 1 atom stereocenters. The summed E-state index contributed by atoms with van der Waals surface area (Å²) in [5.74, 6) is 0.809. The number of aliphatic hydroxyl groups excluding tert-OH is 1. The van der Waals surface area contributed by atoms with Gasteiger partial charge in [-0.15, -0.1) is 11.3 Å². The number of nitrogens with zero attached hydrogens (tertiary/aromatic N) is 1. The van der Waals surface area contributed by atoms with E-state index in [1.54, 1.807) is 18.4 Å². The molecule has 0 fully saturated rings. The molecular weight excluding hydrogens is 346 g/mol. The molecule has 0 amide bonds. The highest BCUT2D eigenvalue weighted by atomic mass is 35.5. The highest BCUT2D eigenvalue weighted by Gasteiger charge is 2.12. The average Bonchev–Trinajstić information content (AvgIpc) is 2.99. The van der Waals surface area contributed by atoms with Crippen LogP contribution in [-0.2, 0) is 17.9 Å². The maximum atomic E-state index is 10.2. The van der Waals surface area contributed by atoms with Crippen molar-refractivity contribution in [1.29, 1.82) is 0 Å². The summed E-state index contributed by atoms with van der Waals surface area (Å²) in [5, 5.41) is 10.2. The van der Waals surface area contributed by atoms with Gasteiger partial charge >= 0.3 is 0 Å².